The molecule has 0 aliphatic heterocycles. The highest BCUT2D eigenvalue weighted by Gasteiger charge is 2.11. The molecule has 0 saturated heterocycles. The zero-order valence-corrected chi connectivity index (χ0v) is 10.2. The number of H-pyrrole nitrogens is 1. The maximum atomic E-state index is 5.94. The average molecular weight is 253 g/mol. The largest absolute Gasteiger partial charge is 0.493 e. The van der Waals surface area contributed by atoms with Gasteiger partial charge in [0.1, 0.15) is 5.75 Å². The van der Waals surface area contributed by atoms with Crippen molar-refractivity contribution in [3.63, 3.8) is 0 Å². The molecule has 0 saturated carbocycles. The molecule has 2 aromatic rings. The second-order valence-corrected chi connectivity index (χ2v) is 3.97. The van der Waals surface area contributed by atoms with Gasteiger partial charge in [0.15, 0.2) is 5.82 Å². The Balaban J connectivity index is 2.38. The quantitative estimate of drug-likeness (QED) is 0.877. The molecule has 0 radical (unpaired) electrons. The summed E-state index contributed by atoms with van der Waals surface area (Å²) >= 11 is 5.94. The van der Waals surface area contributed by atoms with Crippen molar-refractivity contribution in [2.24, 2.45) is 0 Å². The predicted molar refractivity (Wildman–Crippen MR) is 67.0 cm³/mol. The first-order valence-corrected chi connectivity index (χ1v) is 5.69. The second-order valence-electron chi connectivity index (χ2n) is 3.53. The summed E-state index contributed by atoms with van der Waals surface area (Å²) in [4.78, 5) is 4.07. The van der Waals surface area contributed by atoms with Crippen molar-refractivity contribution in [3.8, 4) is 17.1 Å². The molecule has 6 heteroatoms. The monoisotopic (exact) mass is 252 g/mol. The van der Waals surface area contributed by atoms with Crippen LogP contribution in [0, 0.1) is 0 Å². The standard InChI is InChI=1S/C11H13ClN4O/c1-2-5-17-9-6-7(12)3-4-8(9)10-14-11(13)16-15-10/h3-4,6H,2,5H2,1H3,(H3,13,14,15,16). The van der Waals surface area contributed by atoms with Gasteiger partial charge in [-0.15, -0.1) is 0 Å². The molecule has 0 aliphatic rings. The van der Waals surface area contributed by atoms with E-state index in [0.717, 1.165) is 12.0 Å². The Morgan fingerprint density at radius 3 is 2.94 bits per heavy atom. The van der Waals surface area contributed by atoms with Crippen LogP contribution in [-0.2, 0) is 0 Å². The first-order chi connectivity index (χ1) is 8.20. The third kappa shape index (κ3) is 2.68. The van der Waals surface area contributed by atoms with Crippen molar-refractivity contribution in [1.82, 2.24) is 15.2 Å². The molecule has 3 N–H and O–H groups in total. The number of hydrogen-bond donors (Lipinski definition) is 2. The Labute approximate surface area is 104 Å². The molecule has 0 atom stereocenters. The van der Waals surface area contributed by atoms with Crippen LogP contribution in [0.1, 0.15) is 13.3 Å². The number of aromatic nitrogens is 3. The summed E-state index contributed by atoms with van der Waals surface area (Å²) in [7, 11) is 0. The Morgan fingerprint density at radius 2 is 2.29 bits per heavy atom. The normalized spacial score (nSPS) is 10.5. The van der Waals surface area contributed by atoms with Gasteiger partial charge in [-0.2, -0.15) is 10.1 Å². The van der Waals surface area contributed by atoms with Gasteiger partial charge in [0.05, 0.1) is 12.2 Å². The van der Waals surface area contributed by atoms with E-state index in [1.54, 1.807) is 12.1 Å². The first kappa shape index (κ1) is 11.7. The number of nitrogens with one attached hydrogen (secondary N) is 1. The molecular formula is C11H13ClN4O. The smallest absolute Gasteiger partial charge is 0.216 e. The summed E-state index contributed by atoms with van der Waals surface area (Å²) in [6.07, 6.45) is 0.919. The van der Waals surface area contributed by atoms with E-state index >= 15 is 0 Å². The summed E-state index contributed by atoms with van der Waals surface area (Å²) in [6.45, 7) is 2.66. The third-order valence-corrected chi connectivity index (χ3v) is 2.38. The number of ether oxygens (including phenoxy) is 1. The van der Waals surface area contributed by atoms with Crippen LogP contribution in [0.3, 0.4) is 0 Å². The Hall–Kier alpha value is -1.75. The van der Waals surface area contributed by atoms with E-state index in [1.807, 2.05) is 13.0 Å². The van der Waals surface area contributed by atoms with Crippen LogP contribution >= 0.6 is 11.6 Å². The predicted octanol–water partition coefficient (Wildman–Crippen LogP) is 2.50. The van der Waals surface area contributed by atoms with Crippen LogP contribution in [0.5, 0.6) is 5.75 Å². The molecular weight excluding hydrogens is 240 g/mol. The number of nitrogens with two attached hydrogens (primary N) is 1. The molecule has 1 aromatic heterocycles. The molecule has 90 valence electrons. The van der Waals surface area contributed by atoms with E-state index in [4.69, 9.17) is 22.1 Å². The molecule has 0 unspecified atom stereocenters. The lowest BCUT2D eigenvalue weighted by molar-refractivity contribution is 0.318. The molecule has 0 amide bonds. The lowest BCUT2D eigenvalue weighted by Crippen LogP contribution is -1.97. The van der Waals surface area contributed by atoms with Crippen molar-refractivity contribution in [2.45, 2.75) is 13.3 Å². The van der Waals surface area contributed by atoms with Crippen molar-refractivity contribution >= 4 is 17.5 Å². The minimum atomic E-state index is 0.274. The Morgan fingerprint density at radius 1 is 1.47 bits per heavy atom. The van der Waals surface area contributed by atoms with Gasteiger partial charge in [0, 0.05) is 5.02 Å². The highest BCUT2D eigenvalue weighted by molar-refractivity contribution is 6.30. The fraction of sp³-hybridized carbons (Fsp3) is 0.273. The maximum absolute atomic E-state index is 5.94. The summed E-state index contributed by atoms with van der Waals surface area (Å²) in [6, 6.07) is 5.33. The topological polar surface area (TPSA) is 76.8 Å². The SMILES string of the molecule is CCCOc1cc(Cl)ccc1-c1n[nH]c(N)n1. The molecule has 5 nitrogen and oxygen atoms in total. The van der Waals surface area contributed by atoms with Gasteiger partial charge in [-0.3, -0.25) is 0 Å². The number of halogens is 1. The van der Waals surface area contributed by atoms with E-state index in [9.17, 15) is 0 Å². The first-order valence-electron chi connectivity index (χ1n) is 5.31. The summed E-state index contributed by atoms with van der Waals surface area (Å²) in [5.41, 5.74) is 6.27. The van der Waals surface area contributed by atoms with Crippen molar-refractivity contribution in [3.05, 3.63) is 23.2 Å². The van der Waals surface area contributed by atoms with E-state index in [2.05, 4.69) is 15.2 Å². The molecule has 0 bridgehead atoms. The van der Waals surface area contributed by atoms with Gasteiger partial charge in [0.2, 0.25) is 5.95 Å². The number of hydrogen-bond acceptors (Lipinski definition) is 4. The van der Waals surface area contributed by atoms with E-state index < -0.39 is 0 Å². The summed E-state index contributed by atoms with van der Waals surface area (Å²) < 4.78 is 5.61. The molecule has 0 fully saturated rings. The fourth-order valence-corrected chi connectivity index (χ4v) is 1.57. The van der Waals surface area contributed by atoms with Crippen molar-refractivity contribution in [1.29, 1.82) is 0 Å². The maximum Gasteiger partial charge on any atom is 0.216 e. The Kier molecular flexibility index (Phi) is 3.49. The third-order valence-electron chi connectivity index (χ3n) is 2.15. The summed E-state index contributed by atoms with van der Waals surface area (Å²) in [5.74, 6) is 1.44. The van der Waals surface area contributed by atoms with Gasteiger partial charge >= 0.3 is 0 Å². The van der Waals surface area contributed by atoms with Gasteiger partial charge in [-0.05, 0) is 24.6 Å². The minimum absolute atomic E-state index is 0.274. The van der Waals surface area contributed by atoms with Crippen molar-refractivity contribution in [2.75, 3.05) is 12.3 Å². The average Bonchev–Trinajstić information content (AvgIpc) is 2.73. The van der Waals surface area contributed by atoms with E-state index in [0.29, 0.717) is 23.2 Å². The van der Waals surface area contributed by atoms with Gasteiger partial charge < -0.3 is 10.5 Å². The van der Waals surface area contributed by atoms with Crippen LogP contribution in [0.2, 0.25) is 5.02 Å². The van der Waals surface area contributed by atoms with Crippen LogP contribution in [-0.4, -0.2) is 21.8 Å². The molecule has 2 rings (SSSR count). The molecule has 1 aromatic carbocycles. The lowest BCUT2D eigenvalue weighted by Gasteiger charge is -2.08. The van der Waals surface area contributed by atoms with Crippen LogP contribution in [0.25, 0.3) is 11.4 Å². The lowest BCUT2D eigenvalue weighted by atomic mass is 10.2. The Bertz CT molecular complexity index is 512. The number of aromatic amines is 1. The van der Waals surface area contributed by atoms with E-state index in [1.165, 1.54) is 0 Å². The molecule has 0 aliphatic carbocycles. The zero-order chi connectivity index (χ0) is 12.3. The fourth-order valence-electron chi connectivity index (χ4n) is 1.41. The molecule has 1 heterocycles. The zero-order valence-electron chi connectivity index (χ0n) is 9.40. The highest BCUT2D eigenvalue weighted by Crippen LogP contribution is 2.30. The second kappa shape index (κ2) is 5.05. The molecule has 17 heavy (non-hydrogen) atoms. The number of anilines is 1. The van der Waals surface area contributed by atoms with Crippen LogP contribution < -0.4 is 10.5 Å². The number of nitrogen functional groups attached to an aromatic ring is 1. The van der Waals surface area contributed by atoms with Crippen LogP contribution in [0.15, 0.2) is 18.2 Å². The van der Waals surface area contributed by atoms with Crippen LogP contribution in [0.4, 0.5) is 5.95 Å². The summed E-state index contributed by atoms with van der Waals surface area (Å²) in [5, 5.41) is 7.21. The van der Waals surface area contributed by atoms with Crippen molar-refractivity contribution < 1.29 is 4.74 Å². The van der Waals surface area contributed by atoms with E-state index in [-0.39, 0.29) is 5.95 Å². The van der Waals surface area contributed by atoms with Gasteiger partial charge in [0.25, 0.3) is 0 Å². The highest BCUT2D eigenvalue weighted by atomic mass is 35.5. The van der Waals surface area contributed by atoms with Gasteiger partial charge in [-0.25, -0.2) is 5.10 Å². The number of nitrogens with zero attached hydrogens (tertiary/aromatic N) is 2. The molecule has 0 spiro atoms. The number of benzene rings is 1. The number of rotatable bonds is 4. The van der Waals surface area contributed by atoms with Gasteiger partial charge in [-0.1, -0.05) is 18.5 Å². The minimum Gasteiger partial charge on any atom is -0.493 e.